The van der Waals surface area contributed by atoms with E-state index in [0.29, 0.717) is 22.2 Å². The number of thiocarbonyl (C=S) groups is 1. The summed E-state index contributed by atoms with van der Waals surface area (Å²) in [5, 5.41) is 2.26. The molecule has 3 heterocycles. The maximum absolute atomic E-state index is 13.7. The zero-order valence-corrected chi connectivity index (χ0v) is 19.0. The average molecular weight is 458 g/mol. The van der Waals surface area contributed by atoms with Crippen LogP contribution < -0.4 is 4.90 Å². The quantitative estimate of drug-likeness (QED) is 0.388. The lowest BCUT2D eigenvalue weighted by molar-refractivity contribution is -0.120. The Labute approximate surface area is 196 Å². The van der Waals surface area contributed by atoms with Gasteiger partial charge in [-0.05, 0) is 54.5 Å². The molecule has 2 atom stereocenters. The van der Waals surface area contributed by atoms with E-state index in [-0.39, 0.29) is 18.0 Å². The topological polar surface area (TPSA) is 39.3 Å². The molecule has 0 unspecified atom stereocenters. The fourth-order valence-corrected chi connectivity index (χ4v) is 5.64. The van der Waals surface area contributed by atoms with Crippen molar-refractivity contribution in [2.24, 2.45) is 0 Å². The molecule has 0 saturated carbocycles. The van der Waals surface area contributed by atoms with Gasteiger partial charge in [0.2, 0.25) is 0 Å². The third-order valence-electron chi connectivity index (χ3n) is 6.51. The van der Waals surface area contributed by atoms with Crippen LogP contribution in [0.5, 0.6) is 0 Å². The summed E-state index contributed by atoms with van der Waals surface area (Å²) >= 11 is 12.2. The number of amides is 1. The fraction of sp³-hybridized carbons (Fsp3) is 0.154. The molecule has 4 nitrogen and oxygen atoms in total. The SMILES string of the molecule is Cc1ccc([C@@H]2c3[nH]c4ccccc4c3C[C@H]3C(=O)N(c4cccc(Cl)c4)C(=S)N23)cc1. The Kier molecular flexibility index (Phi) is 4.39. The Hall–Kier alpha value is -3.15. The molecule has 3 aromatic carbocycles. The van der Waals surface area contributed by atoms with Gasteiger partial charge in [0.25, 0.3) is 5.91 Å². The van der Waals surface area contributed by atoms with E-state index < -0.39 is 0 Å². The molecule has 4 aromatic rings. The number of fused-ring (bicyclic) bond motifs is 4. The van der Waals surface area contributed by atoms with Crippen molar-refractivity contribution >= 4 is 51.4 Å². The van der Waals surface area contributed by atoms with Gasteiger partial charge >= 0.3 is 0 Å². The highest BCUT2D eigenvalue weighted by Gasteiger charge is 2.50. The van der Waals surface area contributed by atoms with Crippen LogP contribution in [0.4, 0.5) is 5.69 Å². The van der Waals surface area contributed by atoms with Crippen molar-refractivity contribution in [3.05, 3.63) is 100 Å². The van der Waals surface area contributed by atoms with Crippen molar-refractivity contribution in [2.45, 2.75) is 25.4 Å². The van der Waals surface area contributed by atoms with Gasteiger partial charge < -0.3 is 9.88 Å². The van der Waals surface area contributed by atoms with E-state index in [9.17, 15) is 4.79 Å². The molecule has 1 N–H and O–H groups in total. The normalized spacial score (nSPS) is 20.1. The summed E-state index contributed by atoms with van der Waals surface area (Å²) in [6.07, 6.45) is 0.609. The first-order chi connectivity index (χ1) is 15.5. The summed E-state index contributed by atoms with van der Waals surface area (Å²) in [6.45, 7) is 2.08. The molecule has 32 heavy (non-hydrogen) atoms. The van der Waals surface area contributed by atoms with Crippen LogP contribution in [0.15, 0.2) is 72.8 Å². The average Bonchev–Trinajstić information content (AvgIpc) is 3.28. The van der Waals surface area contributed by atoms with Crippen LogP contribution in [0.25, 0.3) is 10.9 Å². The first-order valence-electron chi connectivity index (χ1n) is 10.6. The molecule has 0 aliphatic carbocycles. The molecule has 158 valence electrons. The second-order valence-electron chi connectivity index (χ2n) is 8.44. The standard InChI is InChI=1S/C26H20ClN3OS/c1-15-9-11-16(12-10-15)24-23-20(19-7-2-3-8-21(19)28-23)14-22-25(31)29(26(32)30(22)24)18-6-4-5-17(27)13-18/h2-13,22,24,28H,14H2,1H3/t22-,24+/m0/s1. The number of aromatic nitrogens is 1. The molecule has 0 radical (unpaired) electrons. The van der Waals surface area contributed by atoms with Crippen LogP contribution in [0.1, 0.15) is 28.4 Å². The molecule has 6 rings (SSSR count). The van der Waals surface area contributed by atoms with E-state index >= 15 is 0 Å². The monoisotopic (exact) mass is 457 g/mol. The van der Waals surface area contributed by atoms with Crippen LogP contribution in [0.2, 0.25) is 5.02 Å². The van der Waals surface area contributed by atoms with Gasteiger partial charge in [0.15, 0.2) is 5.11 Å². The van der Waals surface area contributed by atoms with Crippen LogP contribution in [-0.2, 0) is 11.2 Å². The number of hydrogen-bond acceptors (Lipinski definition) is 2. The van der Waals surface area contributed by atoms with E-state index in [1.807, 2.05) is 24.3 Å². The molecule has 0 spiro atoms. The van der Waals surface area contributed by atoms with Gasteiger partial charge in [-0.25, -0.2) is 0 Å². The number of para-hydroxylation sites is 1. The number of aryl methyl sites for hydroxylation is 1. The number of nitrogens with one attached hydrogen (secondary N) is 1. The molecule has 0 bridgehead atoms. The number of aromatic amines is 1. The molecule has 1 saturated heterocycles. The van der Waals surface area contributed by atoms with Crippen LogP contribution in [-0.4, -0.2) is 26.9 Å². The lowest BCUT2D eigenvalue weighted by Crippen LogP contribution is -2.44. The van der Waals surface area contributed by atoms with Gasteiger partial charge in [-0.1, -0.05) is 65.7 Å². The van der Waals surface area contributed by atoms with Gasteiger partial charge in [0.05, 0.1) is 11.7 Å². The van der Waals surface area contributed by atoms with E-state index in [1.165, 1.54) is 16.5 Å². The minimum absolute atomic E-state index is 0.00897. The van der Waals surface area contributed by atoms with Gasteiger partial charge in [0.1, 0.15) is 6.04 Å². The van der Waals surface area contributed by atoms with E-state index in [0.717, 1.165) is 16.8 Å². The van der Waals surface area contributed by atoms with Crippen LogP contribution >= 0.6 is 23.8 Å². The number of anilines is 1. The molecular weight excluding hydrogens is 438 g/mol. The van der Waals surface area contributed by atoms with Crippen molar-refractivity contribution in [3.8, 4) is 0 Å². The Bertz CT molecular complexity index is 1390. The maximum atomic E-state index is 13.7. The van der Waals surface area contributed by atoms with Crippen molar-refractivity contribution in [3.63, 3.8) is 0 Å². The minimum atomic E-state index is -0.362. The summed E-state index contributed by atoms with van der Waals surface area (Å²) in [7, 11) is 0. The zero-order chi connectivity index (χ0) is 22.0. The largest absolute Gasteiger partial charge is 0.356 e. The number of benzene rings is 3. The van der Waals surface area contributed by atoms with Crippen molar-refractivity contribution in [1.82, 2.24) is 9.88 Å². The highest BCUT2D eigenvalue weighted by atomic mass is 35.5. The third kappa shape index (κ3) is 2.81. The number of halogens is 1. The Morgan fingerprint density at radius 1 is 1.03 bits per heavy atom. The number of nitrogens with zero attached hydrogens (tertiary/aromatic N) is 2. The second-order valence-corrected chi connectivity index (χ2v) is 9.24. The number of hydrogen-bond donors (Lipinski definition) is 1. The lowest BCUT2D eigenvalue weighted by Gasteiger charge is -2.37. The van der Waals surface area contributed by atoms with Gasteiger partial charge in [-0.15, -0.1) is 0 Å². The van der Waals surface area contributed by atoms with Crippen LogP contribution in [0, 0.1) is 6.92 Å². The summed E-state index contributed by atoms with van der Waals surface area (Å²) in [6, 6.07) is 23.6. The molecule has 1 aromatic heterocycles. The summed E-state index contributed by atoms with van der Waals surface area (Å²) < 4.78 is 0. The molecule has 2 aliphatic heterocycles. The number of rotatable bonds is 2. The Morgan fingerprint density at radius 2 is 1.81 bits per heavy atom. The predicted octanol–water partition coefficient (Wildman–Crippen LogP) is 5.78. The number of carbonyl (C=O) groups is 1. The van der Waals surface area contributed by atoms with Crippen molar-refractivity contribution in [2.75, 3.05) is 4.90 Å². The molecule has 2 aliphatic rings. The predicted molar refractivity (Wildman–Crippen MR) is 132 cm³/mol. The zero-order valence-electron chi connectivity index (χ0n) is 17.4. The Balaban J connectivity index is 1.55. The third-order valence-corrected chi connectivity index (χ3v) is 7.14. The molecular formula is C26H20ClN3OS. The number of H-pyrrole nitrogens is 1. The van der Waals surface area contributed by atoms with E-state index in [2.05, 4.69) is 53.2 Å². The van der Waals surface area contributed by atoms with E-state index in [4.69, 9.17) is 23.8 Å². The second kappa shape index (κ2) is 7.19. The number of carbonyl (C=O) groups excluding carboxylic acids is 1. The lowest BCUT2D eigenvalue weighted by atomic mass is 9.88. The van der Waals surface area contributed by atoms with Gasteiger partial charge in [0, 0.05) is 28.0 Å². The minimum Gasteiger partial charge on any atom is -0.356 e. The van der Waals surface area contributed by atoms with Crippen molar-refractivity contribution < 1.29 is 4.79 Å². The molecule has 1 fully saturated rings. The Morgan fingerprint density at radius 3 is 2.59 bits per heavy atom. The fourth-order valence-electron chi connectivity index (χ4n) is 5.02. The molecule has 1 amide bonds. The smallest absolute Gasteiger partial charge is 0.256 e. The molecule has 6 heteroatoms. The van der Waals surface area contributed by atoms with E-state index in [1.54, 1.807) is 17.0 Å². The van der Waals surface area contributed by atoms with Crippen LogP contribution in [0.3, 0.4) is 0 Å². The first kappa shape index (κ1) is 19.5. The van der Waals surface area contributed by atoms with Crippen molar-refractivity contribution in [1.29, 1.82) is 0 Å². The maximum Gasteiger partial charge on any atom is 0.256 e. The summed E-state index contributed by atoms with van der Waals surface area (Å²) in [5.41, 5.74) is 6.39. The first-order valence-corrected chi connectivity index (χ1v) is 11.4. The highest BCUT2D eigenvalue weighted by molar-refractivity contribution is 7.80. The van der Waals surface area contributed by atoms with Gasteiger partial charge in [-0.2, -0.15) is 0 Å². The summed E-state index contributed by atoms with van der Waals surface area (Å²) in [4.78, 5) is 21.1. The highest BCUT2D eigenvalue weighted by Crippen LogP contribution is 2.45. The van der Waals surface area contributed by atoms with Gasteiger partial charge in [-0.3, -0.25) is 9.69 Å². The summed E-state index contributed by atoms with van der Waals surface area (Å²) in [5.74, 6) is -0.00897.